The molecular weight excluding hydrogens is 445 g/mol. The Kier molecular flexibility index (Phi) is 6.76. The van der Waals surface area contributed by atoms with Gasteiger partial charge < -0.3 is 14.8 Å². The Balaban J connectivity index is 1.75. The highest BCUT2D eigenvalue weighted by atomic mass is 35.5. The number of carbonyl (C=O) groups is 2. The summed E-state index contributed by atoms with van der Waals surface area (Å²) in [5.41, 5.74) is 1.41. The van der Waals surface area contributed by atoms with E-state index in [2.05, 4.69) is 12.2 Å². The first kappa shape index (κ1) is 21.2. The molecule has 0 unspecified atom stereocenters. The number of amides is 1. The summed E-state index contributed by atoms with van der Waals surface area (Å²) >= 11 is 19.3. The number of benzene rings is 1. The van der Waals surface area contributed by atoms with Gasteiger partial charge in [0.2, 0.25) is 0 Å². The van der Waals surface area contributed by atoms with E-state index < -0.39 is 11.9 Å². The Hall–Kier alpha value is -1.47. The highest BCUT2D eigenvalue weighted by Crippen LogP contribution is 2.40. The molecule has 28 heavy (non-hydrogen) atoms. The van der Waals surface area contributed by atoms with Gasteiger partial charge in [0, 0.05) is 10.9 Å². The van der Waals surface area contributed by atoms with E-state index in [1.54, 1.807) is 0 Å². The van der Waals surface area contributed by atoms with Gasteiger partial charge in [-0.05, 0) is 36.8 Å². The summed E-state index contributed by atoms with van der Waals surface area (Å²) in [6, 6.07) is 2.90. The topological polar surface area (TPSA) is 64.6 Å². The van der Waals surface area contributed by atoms with Crippen LogP contribution in [0.2, 0.25) is 15.1 Å². The predicted molar refractivity (Wildman–Crippen MR) is 112 cm³/mol. The number of ether oxygens (including phenoxy) is 2. The van der Waals surface area contributed by atoms with Gasteiger partial charge in [-0.1, -0.05) is 41.7 Å². The molecule has 2 aromatic rings. The van der Waals surface area contributed by atoms with Crippen LogP contribution < -0.4 is 10.1 Å². The molecule has 1 aromatic heterocycles. The van der Waals surface area contributed by atoms with Crippen LogP contribution in [-0.4, -0.2) is 25.6 Å². The monoisotopic (exact) mass is 461 g/mol. The zero-order valence-electron chi connectivity index (χ0n) is 15.2. The molecule has 1 atom stereocenters. The zero-order chi connectivity index (χ0) is 20.4. The average Bonchev–Trinajstić information content (AvgIpc) is 2.99. The summed E-state index contributed by atoms with van der Waals surface area (Å²) in [6.45, 7) is 1.88. The second kappa shape index (κ2) is 8.91. The molecule has 0 saturated carbocycles. The van der Waals surface area contributed by atoms with E-state index in [0.29, 0.717) is 21.5 Å². The standard InChI is InChI=1S/C19H18Cl3NO4S/c1-9-3-4-10-15(5-9)28-18(17(10)19(25)26-2)23-16(24)8-27-14-7-12(21)11(20)6-13(14)22/h6-7,9H,3-5,8H2,1-2H3,(H,23,24)/t9-/m0/s1. The Morgan fingerprint density at radius 1 is 1.21 bits per heavy atom. The lowest BCUT2D eigenvalue weighted by molar-refractivity contribution is -0.118. The van der Waals surface area contributed by atoms with Crippen molar-refractivity contribution in [2.75, 3.05) is 19.0 Å². The maximum absolute atomic E-state index is 12.4. The first-order chi connectivity index (χ1) is 13.3. The molecule has 1 aliphatic carbocycles. The van der Waals surface area contributed by atoms with Crippen LogP contribution in [0.3, 0.4) is 0 Å². The first-order valence-electron chi connectivity index (χ1n) is 8.60. The minimum Gasteiger partial charge on any atom is -0.482 e. The van der Waals surface area contributed by atoms with Crippen molar-refractivity contribution >= 4 is 63.0 Å². The summed E-state index contributed by atoms with van der Waals surface area (Å²) in [5.74, 6) is -0.0752. The number of hydrogen-bond donors (Lipinski definition) is 1. The molecule has 1 amide bonds. The number of methoxy groups -OCH3 is 1. The van der Waals surface area contributed by atoms with E-state index in [0.717, 1.165) is 29.7 Å². The fourth-order valence-corrected chi connectivity index (χ4v) is 5.08. The van der Waals surface area contributed by atoms with Crippen LogP contribution in [0, 0.1) is 5.92 Å². The van der Waals surface area contributed by atoms with Crippen molar-refractivity contribution < 1.29 is 19.1 Å². The fraction of sp³-hybridized carbons (Fsp3) is 0.368. The Bertz CT molecular complexity index is 928. The highest BCUT2D eigenvalue weighted by Gasteiger charge is 2.29. The Morgan fingerprint density at radius 2 is 1.93 bits per heavy atom. The molecule has 0 fully saturated rings. The normalized spacial score (nSPS) is 15.7. The number of nitrogens with one attached hydrogen (secondary N) is 1. The smallest absolute Gasteiger partial charge is 0.341 e. The molecule has 5 nitrogen and oxygen atoms in total. The highest BCUT2D eigenvalue weighted by molar-refractivity contribution is 7.17. The fourth-order valence-electron chi connectivity index (χ4n) is 3.08. The molecule has 1 aromatic carbocycles. The Morgan fingerprint density at radius 3 is 2.64 bits per heavy atom. The summed E-state index contributed by atoms with van der Waals surface area (Å²) in [4.78, 5) is 25.8. The van der Waals surface area contributed by atoms with Crippen LogP contribution in [0.25, 0.3) is 0 Å². The van der Waals surface area contributed by atoms with Crippen molar-refractivity contribution in [2.24, 2.45) is 5.92 Å². The van der Waals surface area contributed by atoms with Crippen LogP contribution in [-0.2, 0) is 22.4 Å². The van der Waals surface area contributed by atoms with Crippen LogP contribution >= 0.6 is 46.1 Å². The largest absolute Gasteiger partial charge is 0.482 e. The molecule has 1 aliphatic rings. The lowest BCUT2D eigenvalue weighted by atomic mass is 9.88. The molecule has 150 valence electrons. The maximum atomic E-state index is 12.4. The lowest BCUT2D eigenvalue weighted by Crippen LogP contribution is -2.21. The third-order valence-corrected chi connectivity index (χ3v) is 6.68. The minimum atomic E-state index is -0.448. The van der Waals surface area contributed by atoms with E-state index in [4.69, 9.17) is 44.3 Å². The van der Waals surface area contributed by atoms with Gasteiger partial charge in [0.05, 0.1) is 27.7 Å². The van der Waals surface area contributed by atoms with Crippen molar-refractivity contribution in [1.82, 2.24) is 0 Å². The second-order valence-corrected chi connectivity index (χ2v) is 8.91. The minimum absolute atomic E-state index is 0.248. The van der Waals surface area contributed by atoms with Crippen molar-refractivity contribution in [2.45, 2.75) is 26.2 Å². The van der Waals surface area contributed by atoms with Gasteiger partial charge in [-0.3, -0.25) is 4.79 Å². The van der Waals surface area contributed by atoms with Crippen molar-refractivity contribution in [3.8, 4) is 5.75 Å². The Labute approximate surface area is 181 Å². The van der Waals surface area contributed by atoms with E-state index in [-0.39, 0.29) is 22.4 Å². The van der Waals surface area contributed by atoms with Crippen LogP contribution in [0.5, 0.6) is 5.75 Å². The number of rotatable bonds is 5. The van der Waals surface area contributed by atoms with Gasteiger partial charge in [-0.2, -0.15) is 0 Å². The van der Waals surface area contributed by atoms with Gasteiger partial charge in [-0.25, -0.2) is 4.79 Å². The average molecular weight is 463 g/mol. The molecule has 0 radical (unpaired) electrons. The van der Waals surface area contributed by atoms with Gasteiger partial charge in [0.15, 0.2) is 6.61 Å². The van der Waals surface area contributed by atoms with Gasteiger partial charge in [-0.15, -0.1) is 11.3 Å². The van der Waals surface area contributed by atoms with E-state index in [1.165, 1.54) is 30.6 Å². The molecule has 0 saturated heterocycles. The summed E-state index contributed by atoms with van der Waals surface area (Å²) in [7, 11) is 1.33. The molecule has 0 spiro atoms. The number of carbonyl (C=O) groups excluding carboxylic acids is 2. The number of hydrogen-bond acceptors (Lipinski definition) is 5. The summed E-state index contributed by atoms with van der Waals surface area (Å²) < 4.78 is 10.4. The van der Waals surface area contributed by atoms with E-state index in [1.807, 2.05) is 0 Å². The van der Waals surface area contributed by atoms with Crippen LogP contribution in [0.1, 0.15) is 34.1 Å². The predicted octanol–water partition coefficient (Wildman–Crippen LogP) is 5.64. The third kappa shape index (κ3) is 4.57. The van der Waals surface area contributed by atoms with Crippen molar-refractivity contribution in [1.29, 1.82) is 0 Å². The molecule has 0 aliphatic heterocycles. The summed E-state index contributed by atoms with van der Waals surface area (Å²) in [6.07, 6.45) is 2.68. The second-order valence-electron chi connectivity index (χ2n) is 6.58. The van der Waals surface area contributed by atoms with Crippen molar-refractivity contribution in [3.63, 3.8) is 0 Å². The summed E-state index contributed by atoms with van der Waals surface area (Å²) in [5, 5.41) is 4.07. The van der Waals surface area contributed by atoms with Crippen molar-refractivity contribution in [3.05, 3.63) is 43.2 Å². The third-order valence-electron chi connectivity index (χ3n) is 4.49. The van der Waals surface area contributed by atoms with E-state index >= 15 is 0 Å². The molecule has 9 heteroatoms. The van der Waals surface area contributed by atoms with Crippen LogP contribution in [0.15, 0.2) is 12.1 Å². The number of anilines is 1. The lowest BCUT2D eigenvalue weighted by Gasteiger charge is -2.18. The molecular formula is C19H18Cl3NO4S. The van der Waals surface area contributed by atoms with Gasteiger partial charge in [0.1, 0.15) is 10.8 Å². The number of esters is 1. The maximum Gasteiger partial charge on any atom is 0.341 e. The zero-order valence-corrected chi connectivity index (χ0v) is 18.3. The molecule has 3 rings (SSSR count). The SMILES string of the molecule is COC(=O)c1c(NC(=O)COc2cc(Cl)c(Cl)cc2Cl)sc2c1CC[C@H](C)C2. The van der Waals surface area contributed by atoms with Gasteiger partial charge in [0.25, 0.3) is 5.91 Å². The van der Waals surface area contributed by atoms with E-state index in [9.17, 15) is 9.59 Å². The van der Waals surface area contributed by atoms with Gasteiger partial charge >= 0.3 is 5.97 Å². The molecule has 1 N–H and O–H groups in total. The number of thiophene rings is 1. The van der Waals surface area contributed by atoms with Crippen LogP contribution in [0.4, 0.5) is 5.00 Å². The molecule has 1 heterocycles. The molecule has 0 bridgehead atoms. The number of fused-ring (bicyclic) bond motifs is 1. The first-order valence-corrected chi connectivity index (χ1v) is 10.5. The quantitative estimate of drug-likeness (QED) is 0.461. The number of halogens is 3.